The van der Waals surface area contributed by atoms with Crippen LogP contribution < -0.4 is 0 Å². The minimum Gasteiger partial charge on any atom is -0.303 e. The van der Waals surface area contributed by atoms with E-state index in [4.69, 9.17) is 19.2 Å². The lowest BCUT2D eigenvalue weighted by Gasteiger charge is -1.82. The molecule has 0 rings (SSSR count). The standard InChI is InChI=1S/3ClH.H3O4P.P/c;;;1-5(2,3)4;/h3*1H;(H3,1,2,3,4);. The molecule has 3 N–H and O–H groups in total. The van der Waals surface area contributed by atoms with Gasteiger partial charge in [-0.25, -0.2) is 4.57 Å². The van der Waals surface area contributed by atoms with Gasteiger partial charge in [0.25, 0.3) is 0 Å². The summed E-state index contributed by atoms with van der Waals surface area (Å²) in [6, 6.07) is 0. The van der Waals surface area contributed by atoms with Crippen LogP contribution in [0.2, 0.25) is 0 Å². The molecule has 0 fully saturated rings. The van der Waals surface area contributed by atoms with Gasteiger partial charge < -0.3 is 14.7 Å². The quantitative estimate of drug-likeness (QED) is 0.554. The van der Waals surface area contributed by atoms with Crippen molar-refractivity contribution in [2.45, 2.75) is 0 Å². The Bertz CT molecular complexity index is 59.9. The third kappa shape index (κ3) is 260. The number of halogens is 3. The maximum Gasteiger partial charge on any atom is 0.466 e. The van der Waals surface area contributed by atoms with Crippen LogP contribution in [0.1, 0.15) is 0 Å². The van der Waals surface area contributed by atoms with Crippen LogP contribution in [0.4, 0.5) is 0 Å². The van der Waals surface area contributed by atoms with E-state index in [1.165, 1.54) is 0 Å². The van der Waals surface area contributed by atoms with Crippen molar-refractivity contribution < 1.29 is 19.2 Å². The highest BCUT2D eigenvalue weighted by molar-refractivity contribution is 7.45. The van der Waals surface area contributed by atoms with E-state index in [2.05, 4.69) is 0 Å². The van der Waals surface area contributed by atoms with Crippen molar-refractivity contribution in [2.75, 3.05) is 0 Å². The second-order valence-corrected chi connectivity index (χ2v) is 1.54. The summed E-state index contributed by atoms with van der Waals surface area (Å²) in [7, 11) is -4.64. The van der Waals surface area contributed by atoms with Gasteiger partial charge in [-0.3, -0.25) is 0 Å². The van der Waals surface area contributed by atoms with Crippen molar-refractivity contribution >= 4 is 54.9 Å². The molecule has 0 bridgehead atoms. The first-order chi connectivity index (χ1) is 2.00. The van der Waals surface area contributed by atoms with Gasteiger partial charge in [0.15, 0.2) is 0 Å². The minimum atomic E-state index is -4.64. The monoisotopic (exact) mass is 237 g/mol. The lowest BCUT2D eigenvalue weighted by Crippen LogP contribution is -1.66. The third-order valence-corrected chi connectivity index (χ3v) is 0. The van der Waals surface area contributed by atoms with Gasteiger partial charge in [0.1, 0.15) is 0 Å². The predicted molar refractivity (Wildman–Crippen MR) is 42.9 cm³/mol. The predicted octanol–water partition coefficient (Wildman–Crippen LogP) is 1.20. The molecular weight excluding hydrogens is 232 g/mol. The summed E-state index contributed by atoms with van der Waals surface area (Å²) >= 11 is 0. The molecule has 0 aromatic rings. The number of hydrogen-bond donors (Lipinski definition) is 3. The van der Waals surface area contributed by atoms with Crippen molar-refractivity contribution in [1.29, 1.82) is 0 Å². The van der Waals surface area contributed by atoms with Crippen LogP contribution in [0.3, 0.4) is 0 Å². The van der Waals surface area contributed by atoms with E-state index in [0.717, 1.165) is 0 Å². The highest BCUT2D eigenvalue weighted by Gasteiger charge is 2.00. The van der Waals surface area contributed by atoms with Gasteiger partial charge in [-0.05, 0) is 0 Å². The second kappa shape index (κ2) is 12.1. The summed E-state index contributed by atoms with van der Waals surface area (Å²) in [5, 5.41) is 0. The van der Waals surface area contributed by atoms with Crippen LogP contribution in [0.15, 0.2) is 0 Å². The lowest BCUT2D eigenvalue weighted by atomic mass is 15.8. The lowest BCUT2D eigenvalue weighted by molar-refractivity contribution is 0.275. The fourth-order valence-electron chi connectivity index (χ4n) is 0. The topological polar surface area (TPSA) is 77.8 Å². The van der Waals surface area contributed by atoms with Gasteiger partial charge in [0, 0.05) is 9.90 Å². The number of phosphoric acid groups is 1. The maximum atomic E-state index is 8.88. The molecule has 4 nitrogen and oxygen atoms in total. The zero-order chi connectivity index (χ0) is 4.50. The van der Waals surface area contributed by atoms with Gasteiger partial charge in [-0.1, -0.05) is 0 Å². The molecule has 0 atom stereocenters. The minimum absolute atomic E-state index is 0. The SMILES string of the molecule is Cl.Cl.Cl.O=P(O)(O)O.[P]. The van der Waals surface area contributed by atoms with E-state index in [0.29, 0.717) is 0 Å². The van der Waals surface area contributed by atoms with E-state index >= 15 is 0 Å². The van der Waals surface area contributed by atoms with Gasteiger partial charge in [0.05, 0.1) is 0 Å². The van der Waals surface area contributed by atoms with Crippen LogP contribution in [-0.4, -0.2) is 14.7 Å². The molecule has 0 amide bonds. The Morgan fingerprint density at radius 1 is 0.889 bits per heavy atom. The first kappa shape index (κ1) is 31.5. The highest BCUT2D eigenvalue weighted by atomic mass is 35.5. The fraction of sp³-hybridized carbons (Fsp3) is 0. The Morgan fingerprint density at radius 2 is 0.889 bits per heavy atom. The van der Waals surface area contributed by atoms with Crippen LogP contribution in [0.25, 0.3) is 0 Å². The Hall–Kier alpha value is 1.41. The molecule has 0 aliphatic rings. The maximum absolute atomic E-state index is 8.88. The molecule has 0 unspecified atom stereocenters. The van der Waals surface area contributed by atoms with Crippen molar-refractivity contribution in [3.05, 3.63) is 0 Å². The van der Waals surface area contributed by atoms with Gasteiger partial charge in [-0.2, -0.15) is 0 Å². The Kier molecular flexibility index (Phi) is 42.4. The van der Waals surface area contributed by atoms with Crippen LogP contribution in [-0.2, 0) is 4.57 Å². The zero-order valence-corrected chi connectivity index (χ0v) is 8.11. The average molecular weight is 238 g/mol. The smallest absolute Gasteiger partial charge is 0.303 e. The van der Waals surface area contributed by atoms with E-state index in [1.807, 2.05) is 0 Å². The fourth-order valence-corrected chi connectivity index (χ4v) is 0. The van der Waals surface area contributed by atoms with E-state index in [1.54, 1.807) is 0 Å². The molecule has 0 saturated heterocycles. The second-order valence-electron chi connectivity index (χ2n) is 0.513. The van der Waals surface area contributed by atoms with Crippen LogP contribution in [0.5, 0.6) is 0 Å². The molecule has 0 aromatic carbocycles. The number of rotatable bonds is 0. The largest absolute Gasteiger partial charge is 0.466 e. The summed E-state index contributed by atoms with van der Waals surface area (Å²) in [6.07, 6.45) is 0. The molecule has 0 heterocycles. The molecule has 0 aliphatic heterocycles. The van der Waals surface area contributed by atoms with E-state index in [-0.39, 0.29) is 47.1 Å². The molecule has 0 aliphatic carbocycles. The highest BCUT2D eigenvalue weighted by Crippen LogP contribution is 2.25. The molecular formula is H6Cl3O4P2. The summed E-state index contributed by atoms with van der Waals surface area (Å²) in [5.41, 5.74) is 0. The van der Waals surface area contributed by atoms with Crippen molar-refractivity contribution in [1.82, 2.24) is 0 Å². The normalized spacial score (nSPS) is 6.56. The Balaban J connectivity index is -0.0000000133. The first-order valence-corrected chi connectivity index (χ1v) is 2.35. The molecule has 0 aromatic heterocycles. The summed E-state index contributed by atoms with van der Waals surface area (Å²) < 4.78 is 8.88. The van der Waals surface area contributed by atoms with Crippen molar-refractivity contribution in [3.8, 4) is 0 Å². The average Bonchev–Trinajstić information content (AvgIpc) is 0.722. The van der Waals surface area contributed by atoms with E-state index in [9.17, 15) is 0 Å². The van der Waals surface area contributed by atoms with Gasteiger partial charge in [0.2, 0.25) is 0 Å². The molecule has 0 saturated carbocycles. The Morgan fingerprint density at radius 3 is 0.889 bits per heavy atom. The zero-order valence-electron chi connectivity index (χ0n) is 3.87. The van der Waals surface area contributed by atoms with Gasteiger partial charge >= 0.3 is 7.82 Å². The molecule has 9 heavy (non-hydrogen) atoms. The van der Waals surface area contributed by atoms with Gasteiger partial charge in [-0.15, -0.1) is 37.2 Å². The van der Waals surface area contributed by atoms with Crippen LogP contribution >= 0.6 is 54.9 Å². The summed E-state index contributed by atoms with van der Waals surface area (Å²) in [6.45, 7) is 0. The molecule has 0 spiro atoms. The van der Waals surface area contributed by atoms with E-state index < -0.39 is 7.82 Å². The molecule has 9 heteroatoms. The van der Waals surface area contributed by atoms with Crippen molar-refractivity contribution in [2.24, 2.45) is 0 Å². The van der Waals surface area contributed by atoms with Crippen molar-refractivity contribution in [3.63, 3.8) is 0 Å². The van der Waals surface area contributed by atoms with Crippen LogP contribution in [0, 0.1) is 0 Å². The number of hydrogen-bond acceptors (Lipinski definition) is 1. The first-order valence-electron chi connectivity index (χ1n) is 0.783. The molecule has 3 radical (unpaired) electrons. The Labute approximate surface area is 74.5 Å². The third-order valence-electron chi connectivity index (χ3n) is 0. The summed E-state index contributed by atoms with van der Waals surface area (Å²) in [5.74, 6) is 0. The summed E-state index contributed by atoms with van der Waals surface area (Å²) in [4.78, 5) is 21.6. The molecule has 61 valence electrons.